The molecule has 5 aromatic rings. The number of aromatic nitrogens is 6. The molecule has 35 heavy (non-hydrogen) atoms. The van der Waals surface area contributed by atoms with Crippen LogP contribution in [0.15, 0.2) is 48.9 Å². The van der Waals surface area contributed by atoms with Crippen molar-refractivity contribution in [1.82, 2.24) is 34.6 Å². The van der Waals surface area contributed by atoms with Gasteiger partial charge in [-0.3, -0.25) is 9.67 Å². The van der Waals surface area contributed by atoms with Gasteiger partial charge in [-0.15, -0.1) is 0 Å². The molecule has 3 fully saturated rings. The van der Waals surface area contributed by atoms with E-state index in [0.29, 0.717) is 22.0 Å². The minimum Gasteiger partial charge on any atom is -0.456 e. The number of imidazole rings is 1. The zero-order chi connectivity index (χ0) is 23.6. The van der Waals surface area contributed by atoms with Gasteiger partial charge < -0.3 is 14.6 Å². The number of halogens is 1. The summed E-state index contributed by atoms with van der Waals surface area (Å²) in [5, 5.41) is 5.18. The molecule has 6 heterocycles. The van der Waals surface area contributed by atoms with Crippen molar-refractivity contribution in [2.45, 2.75) is 31.7 Å². The number of ether oxygens (including phenoxy) is 1. The molecule has 0 unspecified atom stereocenters. The number of benzene rings is 2. The number of nitrogens with zero attached hydrogens (tertiary/aromatic N) is 6. The van der Waals surface area contributed by atoms with Crippen molar-refractivity contribution < 1.29 is 4.74 Å². The lowest BCUT2D eigenvalue weighted by Crippen LogP contribution is -2.53. The number of nitrogens with one attached hydrogen (secondary N) is 1. The quantitative estimate of drug-likeness (QED) is 0.371. The van der Waals surface area contributed by atoms with Crippen LogP contribution in [0, 0.1) is 6.92 Å². The number of aromatic amines is 1. The summed E-state index contributed by atoms with van der Waals surface area (Å²) < 4.78 is 8.29. The first-order chi connectivity index (χ1) is 17.1. The monoisotopic (exact) mass is 485 g/mol. The van der Waals surface area contributed by atoms with Crippen LogP contribution in [0.5, 0.6) is 11.5 Å². The molecule has 0 spiro atoms. The van der Waals surface area contributed by atoms with Crippen molar-refractivity contribution in [3.8, 4) is 22.8 Å². The van der Waals surface area contributed by atoms with Gasteiger partial charge in [0.1, 0.15) is 27.9 Å². The Morgan fingerprint density at radius 2 is 1.80 bits per heavy atom. The lowest BCUT2D eigenvalue weighted by atomic mass is 9.80. The summed E-state index contributed by atoms with van der Waals surface area (Å²) >= 11 is 6.78. The molecule has 2 bridgehead atoms. The van der Waals surface area contributed by atoms with Crippen molar-refractivity contribution >= 4 is 33.7 Å². The Balaban J connectivity index is 1.22. The molecule has 9 heteroatoms. The average Bonchev–Trinajstić information content (AvgIpc) is 3.53. The maximum Gasteiger partial charge on any atom is 0.148 e. The number of fused-ring (bicyclic) bond motifs is 5. The normalized spacial score (nSPS) is 21.7. The van der Waals surface area contributed by atoms with E-state index in [-0.39, 0.29) is 5.54 Å². The van der Waals surface area contributed by atoms with Crippen LogP contribution in [-0.4, -0.2) is 54.3 Å². The Morgan fingerprint density at radius 1 is 1.00 bits per heavy atom. The molecule has 0 atom stereocenters. The van der Waals surface area contributed by atoms with Gasteiger partial charge in [0.2, 0.25) is 0 Å². The van der Waals surface area contributed by atoms with Crippen LogP contribution in [0.25, 0.3) is 33.3 Å². The first kappa shape index (κ1) is 20.8. The largest absolute Gasteiger partial charge is 0.456 e. The zero-order valence-electron chi connectivity index (χ0n) is 19.3. The average molecular weight is 486 g/mol. The fraction of sp³-hybridized carbons (Fsp3) is 0.308. The minimum absolute atomic E-state index is 0.129. The molecular formula is C26H24ClN7O. The van der Waals surface area contributed by atoms with Crippen LogP contribution < -0.4 is 4.74 Å². The van der Waals surface area contributed by atoms with Crippen molar-refractivity contribution in [2.24, 2.45) is 0 Å². The van der Waals surface area contributed by atoms with E-state index < -0.39 is 0 Å². The molecule has 2 aromatic carbocycles. The van der Waals surface area contributed by atoms with Crippen molar-refractivity contribution in [1.29, 1.82) is 0 Å². The molecule has 0 saturated carbocycles. The molecule has 8 nitrogen and oxygen atoms in total. The maximum absolute atomic E-state index is 6.78. The van der Waals surface area contributed by atoms with E-state index >= 15 is 0 Å². The molecule has 3 aromatic heterocycles. The standard InChI is InChI=1S/C26H24ClN7O/c1-16-30-19-3-2-18(12-21(19)31-16)35-23-5-4-20-25(24(23)27)32-22(14-28-20)17-13-29-34(15-17)26-6-9-33(10-7-26)11-8-26/h2-5,12-15H,6-11H2,1H3,(H,30,31). The number of piperidine rings is 3. The first-order valence-electron chi connectivity index (χ1n) is 11.9. The van der Waals surface area contributed by atoms with Gasteiger partial charge in [0, 0.05) is 37.5 Å². The second-order valence-electron chi connectivity index (χ2n) is 9.59. The van der Waals surface area contributed by atoms with E-state index in [4.69, 9.17) is 26.4 Å². The zero-order valence-corrected chi connectivity index (χ0v) is 20.1. The minimum atomic E-state index is 0.129. The number of hydrogen-bond acceptors (Lipinski definition) is 6. The Morgan fingerprint density at radius 3 is 2.63 bits per heavy atom. The van der Waals surface area contributed by atoms with Crippen LogP contribution in [0.3, 0.4) is 0 Å². The van der Waals surface area contributed by atoms with Crippen molar-refractivity contribution in [3.05, 3.63) is 59.8 Å². The molecule has 8 rings (SSSR count). The van der Waals surface area contributed by atoms with Gasteiger partial charge in [0.25, 0.3) is 0 Å². The van der Waals surface area contributed by atoms with Crippen molar-refractivity contribution in [3.63, 3.8) is 0 Å². The summed E-state index contributed by atoms with van der Waals surface area (Å²) in [5.74, 6) is 2.07. The van der Waals surface area contributed by atoms with Crippen LogP contribution in [-0.2, 0) is 5.54 Å². The Kier molecular flexibility index (Phi) is 4.62. The van der Waals surface area contributed by atoms with Crippen LogP contribution in [0.1, 0.15) is 25.1 Å². The van der Waals surface area contributed by atoms with Gasteiger partial charge in [0.15, 0.2) is 0 Å². The van der Waals surface area contributed by atoms with Gasteiger partial charge in [-0.1, -0.05) is 11.6 Å². The lowest BCUT2D eigenvalue weighted by Gasteiger charge is -2.48. The third kappa shape index (κ3) is 3.47. The van der Waals surface area contributed by atoms with E-state index in [1.807, 2.05) is 43.5 Å². The highest BCUT2D eigenvalue weighted by Crippen LogP contribution is 2.39. The number of H-pyrrole nitrogens is 1. The molecule has 1 N–H and O–H groups in total. The summed E-state index contributed by atoms with van der Waals surface area (Å²) in [6.07, 6.45) is 9.24. The smallest absolute Gasteiger partial charge is 0.148 e. The Bertz CT molecular complexity index is 1570. The second-order valence-corrected chi connectivity index (χ2v) is 9.97. The second kappa shape index (κ2) is 7.76. The third-order valence-electron chi connectivity index (χ3n) is 7.46. The summed E-state index contributed by atoms with van der Waals surface area (Å²) in [4.78, 5) is 19.7. The summed E-state index contributed by atoms with van der Waals surface area (Å²) in [6.45, 7) is 5.38. The molecule has 0 radical (unpaired) electrons. The van der Waals surface area contributed by atoms with E-state index in [0.717, 1.165) is 72.5 Å². The summed E-state index contributed by atoms with van der Waals surface area (Å²) in [5.41, 5.74) is 4.97. The third-order valence-corrected chi connectivity index (χ3v) is 7.83. The maximum atomic E-state index is 6.78. The fourth-order valence-corrected chi connectivity index (χ4v) is 5.66. The van der Waals surface area contributed by atoms with Gasteiger partial charge >= 0.3 is 0 Å². The highest BCUT2D eigenvalue weighted by Gasteiger charge is 2.41. The van der Waals surface area contributed by atoms with E-state index in [1.54, 1.807) is 6.20 Å². The molecule has 3 aliphatic heterocycles. The molecule has 176 valence electrons. The van der Waals surface area contributed by atoms with Crippen LogP contribution in [0.2, 0.25) is 5.02 Å². The predicted octanol–water partition coefficient (Wildman–Crippen LogP) is 5.32. The van der Waals surface area contributed by atoms with Gasteiger partial charge in [0.05, 0.1) is 40.2 Å². The summed E-state index contributed by atoms with van der Waals surface area (Å²) in [6, 6.07) is 9.43. The molecule has 3 aliphatic rings. The first-order valence-corrected chi connectivity index (χ1v) is 12.3. The van der Waals surface area contributed by atoms with Gasteiger partial charge in [-0.2, -0.15) is 5.10 Å². The number of rotatable bonds is 4. The number of hydrogen-bond donors (Lipinski definition) is 1. The van der Waals surface area contributed by atoms with Crippen molar-refractivity contribution in [2.75, 3.05) is 19.6 Å². The highest BCUT2D eigenvalue weighted by atomic mass is 35.5. The molecule has 0 aliphatic carbocycles. The Hall–Kier alpha value is -3.49. The van der Waals surface area contributed by atoms with Gasteiger partial charge in [-0.25, -0.2) is 9.97 Å². The Labute approximate surface area is 206 Å². The molecule has 0 amide bonds. The van der Waals surface area contributed by atoms with E-state index in [9.17, 15) is 0 Å². The predicted molar refractivity (Wildman–Crippen MR) is 135 cm³/mol. The SMILES string of the molecule is Cc1nc2ccc(Oc3ccc4ncc(-c5cnn(C67CCN(CC6)CC7)c5)nc4c3Cl)cc2[nH]1. The van der Waals surface area contributed by atoms with Gasteiger partial charge in [-0.05, 0) is 50.5 Å². The molecule has 3 saturated heterocycles. The summed E-state index contributed by atoms with van der Waals surface area (Å²) in [7, 11) is 0. The van der Waals surface area contributed by atoms with Crippen LogP contribution in [0.4, 0.5) is 0 Å². The highest BCUT2D eigenvalue weighted by molar-refractivity contribution is 6.36. The number of aryl methyl sites for hydroxylation is 1. The van der Waals surface area contributed by atoms with E-state index in [1.165, 1.54) is 0 Å². The topological polar surface area (TPSA) is 84.8 Å². The molecular weight excluding hydrogens is 462 g/mol. The van der Waals surface area contributed by atoms with Crippen LogP contribution >= 0.6 is 11.6 Å². The fourth-order valence-electron chi connectivity index (χ4n) is 5.42. The lowest BCUT2D eigenvalue weighted by molar-refractivity contribution is 0.0265. The van der Waals surface area contributed by atoms with E-state index in [2.05, 4.69) is 30.7 Å².